The highest BCUT2D eigenvalue weighted by Gasteiger charge is 2.20. The number of aliphatic carboxylic acids is 1. The number of carbonyl (C=O) groups is 2. The first-order valence-corrected chi connectivity index (χ1v) is 9.94. The number of carboxylic acid groups (broad SMARTS) is 1. The van der Waals surface area contributed by atoms with Crippen molar-refractivity contribution in [3.05, 3.63) is 59.1 Å². The van der Waals surface area contributed by atoms with Crippen molar-refractivity contribution in [1.29, 1.82) is 0 Å². The van der Waals surface area contributed by atoms with Gasteiger partial charge in [-0.05, 0) is 56.7 Å². The second-order valence-corrected chi connectivity index (χ2v) is 7.46. The van der Waals surface area contributed by atoms with Gasteiger partial charge in [0.25, 0.3) is 0 Å². The highest BCUT2D eigenvalue weighted by Crippen LogP contribution is 2.18. The zero-order chi connectivity index (χ0) is 22.1. The fourth-order valence-electron chi connectivity index (χ4n) is 2.66. The van der Waals surface area contributed by atoms with Gasteiger partial charge in [-0.2, -0.15) is 0 Å². The van der Waals surface area contributed by atoms with E-state index in [0.29, 0.717) is 16.5 Å². The molecule has 0 spiro atoms. The number of anilines is 1. The fraction of sp³-hybridized carbons (Fsp3) is 0.364. The molecule has 8 heteroatoms. The maximum atomic E-state index is 11.9. The number of hydrogen-bond acceptors (Lipinski definition) is 5. The molecule has 1 amide bonds. The lowest BCUT2D eigenvalue weighted by Gasteiger charge is -2.18. The van der Waals surface area contributed by atoms with Crippen LogP contribution in [0.15, 0.2) is 48.5 Å². The monoisotopic (exact) mass is 435 g/mol. The SMILES string of the molecule is CC(C)OC(Cc1cccc(OC(C)COC(=O)Nc2cccc(Cl)c2)c1)C(=O)O. The fourth-order valence-corrected chi connectivity index (χ4v) is 2.85. The summed E-state index contributed by atoms with van der Waals surface area (Å²) in [6, 6.07) is 13.8. The third-order valence-corrected chi connectivity index (χ3v) is 4.12. The number of benzene rings is 2. The van der Waals surface area contributed by atoms with Crippen LogP contribution in [0.2, 0.25) is 5.02 Å². The summed E-state index contributed by atoms with van der Waals surface area (Å²) in [5, 5.41) is 12.4. The zero-order valence-electron chi connectivity index (χ0n) is 17.1. The summed E-state index contributed by atoms with van der Waals surface area (Å²) in [5.74, 6) is -0.463. The minimum absolute atomic E-state index is 0.0326. The number of carbonyl (C=O) groups excluding carboxylic acids is 1. The first kappa shape index (κ1) is 23.5. The summed E-state index contributed by atoms with van der Waals surface area (Å²) in [7, 11) is 0. The number of halogens is 1. The van der Waals surface area contributed by atoms with Crippen LogP contribution in [0.3, 0.4) is 0 Å². The molecule has 0 aliphatic rings. The van der Waals surface area contributed by atoms with Gasteiger partial charge in [0.1, 0.15) is 18.5 Å². The summed E-state index contributed by atoms with van der Waals surface area (Å²) in [5.41, 5.74) is 1.30. The Labute approximate surface area is 180 Å². The molecule has 0 heterocycles. The Balaban J connectivity index is 1.86. The molecule has 2 atom stereocenters. The second-order valence-electron chi connectivity index (χ2n) is 7.03. The molecule has 162 valence electrons. The van der Waals surface area contributed by atoms with Crippen LogP contribution < -0.4 is 10.1 Å². The van der Waals surface area contributed by atoms with Crippen LogP contribution in [-0.2, 0) is 20.7 Å². The van der Waals surface area contributed by atoms with Crippen molar-refractivity contribution in [2.75, 3.05) is 11.9 Å². The molecule has 2 aromatic rings. The van der Waals surface area contributed by atoms with E-state index in [2.05, 4.69) is 5.32 Å². The molecule has 2 unspecified atom stereocenters. The van der Waals surface area contributed by atoms with Gasteiger partial charge in [-0.3, -0.25) is 5.32 Å². The van der Waals surface area contributed by atoms with Crippen molar-refractivity contribution in [1.82, 2.24) is 0 Å². The first-order chi connectivity index (χ1) is 14.2. The van der Waals surface area contributed by atoms with E-state index in [1.807, 2.05) is 6.07 Å². The minimum Gasteiger partial charge on any atom is -0.487 e. The molecular formula is C22H26ClNO6. The largest absolute Gasteiger partial charge is 0.487 e. The summed E-state index contributed by atoms with van der Waals surface area (Å²) in [6.45, 7) is 5.38. The van der Waals surface area contributed by atoms with Gasteiger partial charge < -0.3 is 19.3 Å². The van der Waals surface area contributed by atoms with Crippen LogP contribution in [0.4, 0.5) is 10.5 Å². The number of nitrogens with one attached hydrogen (secondary N) is 1. The van der Waals surface area contributed by atoms with Crippen molar-refractivity contribution < 1.29 is 28.9 Å². The van der Waals surface area contributed by atoms with Gasteiger partial charge in [-0.15, -0.1) is 0 Å². The van der Waals surface area contributed by atoms with Gasteiger partial charge in [0.15, 0.2) is 6.10 Å². The predicted octanol–water partition coefficient (Wildman–Crippen LogP) is 4.78. The third kappa shape index (κ3) is 8.31. The van der Waals surface area contributed by atoms with Gasteiger partial charge in [-0.25, -0.2) is 9.59 Å². The van der Waals surface area contributed by atoms with Gasteiger partial charge in [0.05, 0.1) is 6.10 Å². The standard InChI is InChI=1S/C22H26ClNO6/c1-14(2)29-20(21(25)26)11-16-6-4-9-19(10-16)30-15(3)13-28-22(27)24-18-8-5-7-17(23)12-18/h4-10,12,14-15,20H,11,13H2,1-3H3,(H,24,27)(H,25,26). The topological polar surface area (TPSA) is 94.1 Å². The lowest BCUT2D eigenvalue weighted by Crippen LogP contribution is -2.29. The van der Waals surface area contributed by atoms with Gasteiger partial charge in [-0.1, -0.05) is 29.8 Å². The number of hydrogen-bond donors (Lipinski definition) is 2. The predicted molar refractivity (Wildman–Crippen MR) is 114 cm³/mol. The average molecular weight is 436 g/mol. The number of rotatable bonds is 10. The molecule has 0 saturated heterocycles. The highest BCUT2D eigenvalue weighted by atomic mass is 35.5. The molecule has 2 N–H and O–H groups in total. The van der Waals surface area contributed by atoms with Gasteiger partial charge in [0, 0.05) is 17.1 Å². The molecule has 0 bridgehead atoms. The first-order valence-electron chi connectivity index (χ1n) is 9.56. The molecule has 0 aromatic heterocycles. The van der Waals surface area contributed by atoms with Crippen molar-refractivity contribution in [2.45, 2.75) is 45.5 Å². The van der Waals surface area contributed by atoms with E-state index in [-0.39, 0.29) is 19.1 Å². The van der Waals surface area contributed by atoms with Crippen LogP contribution in [0.25, 0.3) is 0 Å². The molecule has 7 nitrogen and oxygen atoms in total. The Hall–Kier alpha value is -2.77. The summed E-state index contributed by atoms with van der Waals surface area (Å²) >= 11 is 5.88. The number of carboxylic acids is 1. The Morgan fingerprint density at radius 3 is 2.50 bits per heavy atom. The number of ether oxygens (including phenoxy) is 3. The maximum absolute atomic E-state index is 11.9. The van der Waals surface area contributed by atoms with E-state index in [0.717, 1.165) is 5.56 Å². The van der Waals surface area contributed by atoms with Crippen molar-refractivity contribution in [2.24, 2.45) is 0 Å². The molecule has 0 aliphatic heterocycles. The van der Waals surface area contributed by atoms with E-state index in [1.165, 1.54) is 0 Å². The van der Waals surface area contributed by atoms with Gasteiger partial charge in [0.2, 0.25) is 0 Å². The quantitative estimate of drug-likeness (QED) is 0.558. The molecular weight excluding hydrogens is 410 g/mol. The molecule has 0 fully saturated rings. The van der Waals surface area contributed by atoms with Crippen molar-refractivity contribution in [3.8, 4) is 5.75 Å². The van der Waals surface area contributed by atoms with Gasteiger partial charge >= 0.3 is 12.1 Å². The van der Waals surface area contributed by atoms with E-state index < -0.39 is 24.3 Å². The number of amides is 1. The lowest BCUT2D eigenvalue weighted by molar-refractivity contribution is -0.153. The van der Waals surface area contributed by atoms with Crippen LogP contribution in [0.1, 0.15) is 26.3 Å². The minimum atomic E-state index is -1.01. The summed E-state index contributed by atoms with van der Waals surface area (Å²) < 4.78 is 16.4. The zero-order valence-corrected chi connectivity index (χ0v) is 17.9. The van der Waals surface area contributed by atoms with Crippen molar-refractivity contribution >= 4 is 29.4 Å². The smallest absolute Gasteiger partial charge is 0.411 e. The van der Waals surface area contributed by atoms with Crippen molar-refractivity contribution in [3.63, 3.8) is 0 Å². The highest BCUT2D eigenvalue weighted by molar-refractivity contribution is 6.30. The van der Waals surface area contributed by atoms with E-state index in [4.69, 9.17) is 25.8 Å². The van der Waals surface area contributed by atoms with E-state index in [9.17, 15) is 14.7 Å². The summed E-state index contributed by atoms with van der Waals surface area (Å²) in [6.07, 6.45) is -1.93. The van der Waals surface area contributed by atoms with E-state index in [1.54, 1.807) is 63.2 Å². The second kappa shape index (κ2) is 11.4. The Kier molecular flexibility index (Phi) is 8.95. The van der Waals surface area contributed by atoms with Crippen LogP contribution in [0, 0.1) is 0 Å². The third-order valence-electron chi connectivity index (χ3n) is 3.89. The molecule has 2 rings (SSSR count). The van der Waals surface area contributed by atoms with E-state index >= 15 is 0 Å². The van der Waals surface area contributed by atoms with Crippen LogP contribution in [0.5, 0.6) is 5.75 Å². The molecule has 0 aliphatic carbocycles. The normalized spacial score (nSPS) is 12.8. The molecule has 0 radical (unpaired) electrons. The average Bonchev–Trinajstić information content (AvgIpc) is 2.66. The van der Waals surface area contributed by atoms with Crippen LogP contribution in [-0.4, -0.2) is 42.1 Å². The lowest BCUT2D eigenvalue weighted by atomic mass is 10.1. The molecule has 0 saturated carbocycles. The summed E-state index contributed by atoms with van der Waals surface area (Å²) in [4.78, 5) is 23.3. The Morgan fingerprint density at radius 2 is 1.83 bits per heavy atom. The Bertz CT molecular complexity index is 857. The van der Waals surface area contributed by atoms with Crippen LogP contribution >= 0.6 is 11.6 Å². The molecule has 2 aromatic carbocycles. The molecule has 30 heavy (non-hydrogen) atoms. The maximum Gasteiger partial charge on any atom is 0.411 e. The Morgan fingerprint density at radius 1 is 1.10 bits per heavy atom.